The largest absolute Gasteiger partial charge is 0.298 e. The molecule has 4 nitrogen and oxygen atoms in total. The fourth-order valence-electron chi connectivity index (χ4n) is 2.15. The van der Waals surface area contributed by atoms with E-state index in [4.69, 9.17) is 0 Å². The Morgan fingerprint density at radius 1 is 1.22 bits per heavy atom. The summed E-state index contributed by atoms with van der Waals surface area (Å²) in [6.45, 7) is 1.92. The van der Waals surface area contributed by atoms with Crippen molar-refractivity contribution in [3.8, 4) is 5.69 Å². The normalized spacial score (nSPS) is 10.7. The minimum absolute atomic E-state index is 0.650. The number of pyridine rings is 1. The predicted octanol–water partition coefficient (Wildman–Crippen LogP) is 2.54. The Hall–Kier alpha value is -2.49. The number of aromatic nitrogens is 3. The molecule has 0 atom stereocenters. The summed E-state index contributed by atoms with van der Waals surface area (Å²) in [4.78, 5) is 19.6. The lowest BCUT2D eigenvalue weighted by atomic mass is 10.2. The van der Waals surface area contributed by atoms with Gasteiger partial charge in [-0.2, -0.15) is 0 Å². The van der Waals surface area contributed by atoms with Crippen LogP contribution in [-0.4, -0.2) is 20.8 Å². The van der Waals surface area contributed by atoms with Gasteiger partial charge in [-0.15, -0.1) is 0 Å². The second-order valence-electron chi connectivity index (χ2n) is 4.04. The van der Waals surface area contributed by atoms with Crippen molar-refractivity contribution in [1.82, 2.24) is 14.5 Å². The highest BCUT2D eigenvalue weighted by atomic mass is 16.1. The molecular formula is C14H11N3O. The molecule has 0 fully saturated rings. The Morgan fingerprint density at radius 2 is 2.06 bits per heavy atom. The zero-order chi connectivity index (χ0) is 12.5. The number of aryl methyl sites for hydroxylation is 1. The van der Waals surface area contributed by atoms with Crippen molar-refractivity contribution in [3.63, 3.8) is 0 Å². The Kier molecular flexibility index (Phi) is 2.41. The van der Waals surface area contributed by atoms with Crippen LogP contribution in [0.2, 0.25) is 0 Å². The molecule has 88 valence electrons. The third kappa shape index (κ3) is 1.50. The van der Waals surface area contributed by atoms with Gasteiger partial charge in [0.2, 0.25) is 0 Å². The van der Waals surface area contributed by atoms with Crippen molar-refractivity contribution in [3.05, 3.63) is 54.1 Å². The van der Waals surface area contributed by atoms with Gasteiger partial charge in [0.25, 0.3) is 0 Å². The summed E-state index contributed by atoms with van der Waals surface area (Å²) in [7, 11) is 0. The second kappa shape index (κ2) is 4.07. The van der Waals surface area contributed by atoms with Gasteiger partial charge in [-0.3, -0.25) is 14.3 Å². The van der Waals surface area contributed by atoms with Crippen LogP contribution < -0.4 is 0 Å². The highest BCUT2D eigenvalue weighted by Crippen LogP contribution is 2.22. The first kappa shape index (κ1) is 10.7. The van der Waals surface area contributed by atoms with Crippen molar-refractivity contribution < 1.29 is 4.79 Å². The van der Waals surface area contributed by atoms with Crippen LogP contribution in [0.15, 0.2) is 42.7 Å². The van der Waals surface area contributed by atoms with Crippen molar-refractivity contribution in [2.24, 2.45) is 0 Å². The monoisotopic (exact) mass is 237 g/mol. The van der Waals surface area contributed by atoms with Crippen molar-refractivity contribution >= 4 is 17.3 Å². The van der Waals surface area contributed by atoms with E-state index in [2.05, 4.69) is 9.97 Å². The molecule has 0 spiro atoms. The van der Waals surface area contributed by atoms with Gasteiger partial charge in [-0.1, -0.05) is 12.1 Å². The minimum atomic E-state index is 0.650. The number of nitrogens with zero attached hydrogens (tertiary/aromatic N) is 3. The lowest BCUT2D eigenvalue weighted by Crippen LogP contribution is -2.00. The summed E-state index contributed by atoms with van der Waals surface area (Å²) >= 11 is 0. The van der Waals surface area contributed by atoms with E-state index in [1.807, 2.05) is 35.8 Å². The van der Waals surface area contributed by atoms with Gasteiger partial charge in [0.15, 0.2) is 6.29 Å². The van der Waals surface area contributed by atoms with Crippen molar-refractivity contribution in [2.75, 3.05) is 0 Å². The summed E-state index contributed by atoms with van der Waals surface area (Å²) < 4.78 is 1.97. The van der Waals surface area contributed by atoms with Crippen LogP contribution in [-0.2, 0) is 0 Å². The minimum Gasteiger partial charge on any atom is -0.298 e. The van der Waals surface area contributed by atoms with Gasteiger partial charge in [-0.05, 0) is 25.1 Å². The maximum Gasteiger partial charge on any atom is 0.152 e. The first-order valence-corrected chi connectivity index (χ1v) is 5.65. The van der Waals surface area contributed by atoms with Crippen LogP contribution in [0.25, 0.3) is 16.7 Å². The van der Waals surface area contributed by atoms with Crippen LogP contribution in [0.4, 0.5) is 0 Å². The van der Waals surface area contributed by atoms with E-state index in [0.717, 1.165) is 28.8 Å². The molecule has 2 aromatic heterocycles. The van der Waals surface area contributed by atoms with Gasteiger partial charge >= 0.3 is 0 Å². The summed E-state index contributed by atoms with van der Waals surface area (Å²) in [5.74, 6) is 0.840. The van der Waals surface area contributed by atoms with Gasteiger partial charge in [0.05, 0.1) is 17.4 Å². The lowest BCUT2D eigenvalue weighted by Gasteiger charge is -2.08. The van der Waals surface area contributed by atoms with Crippen LogP contribution in [0.5, 0.6) is 0 Å². The van der Waals surface area contributed by atoms with E-state index in [1.165, 1.54) is 0 Å². The molecule has 0 aliphatic heterocycles. The fourth-order valence-corrected chi connectivity index (χ4v) is 2.15. The van der Waals surface area contributed by atoms with E-state index in [1.54, 1.807) is 18.5 Å². The number of benzene rings is 1. The molecule has 0 unspecified atom stereocenters. The lowest BCUT2D eigenvalue weighted by molar-refractivity contribution is 0.112. The molecule has 0 aliphatic carbocycles. The molecule has 2 heterocycles. The molecule has 4 heteroatoms. The molecule has 18 heavy (non-hydrogen) atoms. The first-order valence-electron chi connectivity index (χ1n) is 5.65. The predicted molar refractivity (Wildman–Crippen MR) is 69.0 cm³/mol. The highest BCUT2D eigenvalue weighted by Gasteiger charge is 2.11. The summed E-state index contributed by atoms with van der Waals surface area (Å²) in [5, 5.41) is 0. The first-order chi connectivity index (χ1) is 8.81. The molecule has 0 N–H and O–H groups in total. The van der Waals surface area contributed by atoms with Crippen LogP contribution in [0.3, 0.4) is 0 Å². The van der Waals surface area contributed by atoms with Crippen LogP contribution >= 0.6 is 0 Å². The number of imidazole rings is 1. The Bertz CT molecular complexity index is 731. The van der Waals surface area contributed by atoms with Crippen molar-refractivity contribution in [2.45, 2.75) is 6.92 Å². The van der Waals surface area contributed by atoms with Crippen LogP contribution in [0, 0.1) is 6.92 Å². The molecular weight excluding hydrogens is 226 g/mol. The third-order valence-electron chi connectivity index (χ3n) is 2.93. The number of aldehydes is 1. The van der Waals surface area contributed by atoms with E-state index in [-0.39, 0.29) is 0 Å². The number of hydrogen-bond donors (Lipinski definition) is 0. The third-order valence-corrected chi connectivity index (χ3v) is 2.93. The maximum absolute atomic E-state index is 11.1. The van der Waals surface area contributed by atoms with E-state index < -0.39 is 0 Å². The molecule has 0 radical (unpaired) electrons. The zero-order valence-corrected chi connectivity index (χ0v) is 9.87. The molecule has 0 amide bonds. The molecule has 0 aliphatic rings. The average Bonchev–Trinajstić information content (AvgIpc) is 2.74. The Balaban J connectivity index is 2.38. The van der Waals surface area contributed by atoms with Gasteiger partial charge in [0.1, 0.15) is 11.3 Å². The van der Waals surface area contributed by atoms with Gasteiger partial charge < -0.3 is 0 Å². The highest BCUT2D eigenvalue weighted by molar-refractivity contribution is 5.84. The number of hydrogen-bond acceptors (Lipinski definition) is 3. The van der Waals surface area contributed by atoms with Crippen LogP contribution in [0.1, 0.15) is 16.2 Å². The second-order valence-corrected chi connectivity index (χ2v) is 4.04. The summed E-state index contributed by atoms with van der Waals surface area (Å²) in [5.41, 5.74) is 3.28. The molecule has 0 saturated carbocycles. The van der Waals surface area contributed by atoms with Gasteiger partial charge in [0, 0.05) is 11.8 Å². The Labute approximate surface area is 104 Å². The zero-order valence-electron chi connectivity index (χ0n) is 9.87. The number of fused-ring (bicyclic) bond motifs is 1. The summed E-state index contributed by atoms with van der Waals surface area (Å²) in [6.07, 6.45) is 4.31. The van der Waals surface area contributed by atoms with E-state index in [0.29, 0.717) is 5.56 Å². The molecule has 0 bridgehead atoms. The maximum atomic E-state index is 11.1. The molecule has 3 aromatic rings. The number of para-hydroxylation sites is 1. The Morgan fingerprint density at radius 3 is 2.89 bits per heavy atom. The molecule has 0 saturated heterocycles. The number of rotatable bonds is 2. The number of carbonyl (C=O) groups excluding carboxylic acids is 1. The fraction of sp³-hybridized carbons (Fsp3) is 0.0714. The smallest absolute Gasteiger partial charge is 0.152 e. The van der Waals surface area contributed by atoms with Crippen molar-refractivity contribution in [1.29, 1.82) is 0 Å². The average molecular weight is 237 g/mol. The number of carbonyl (C=O) groups is 1. The molecule has 1 aromatic carbocycles. The summed E-state index contributed by atoms with van der Waals surface area (Å²) in [6, 6.07) is 9.38. The standard InChI is InChI=1S/C14H11N3O/c1-10-16-12-8-15-7-6-14(12)17(10)13-5-3-2-4-11(13)9-18/h2-9H,1H3. The van der Waals surface area contributed by atoms with Gasteiger partial charge in [-0.25, -0.2) is 4.98 Å². The quantitative estimate of drug-likeness (QED) is 0.643. The topological polar surface area (TPSA) is 47.8 Å². The van der Waals surface area contributed by atoms with E-state index >= 15 is 0 Å². The molecule has 3 rings (SSSR count). The van der Waals surface area contributed by atoms with E-state index in [9.17, 15) is 4.79 Å². The SMILES string of the molecule is Cc1nc2cnccc2n1-c1ccccc1C=O.